The Kier molecular flexibility index (Phi) is 3.59. The Morgan fingerprint density at radius 1 is 1.37 bits per heavy atom. The van der Waals surface area contributed by atoms with E-state index < -0.39 is 15.8 Å². The summed E-state index contributed by atoms with van der Waals surface area (Å²) in [7, 11) is -2.16. The zero-order valence-corrected chi connectivity index (χ0v) is 11.0. The molecule has 1 aromatic heterocycles. The summed E-state index contributed by atoms with van der Waals surface area (Å²) in [5.74, 6) is -0.524. The summed E-state index contributed by atoms with van der Waals surface area (Å²) in [6, 6.07) is 6.55. The maximum atomic E-state index is 13.0. The van der Waals surface area contributed by atoms with Gasteiger partial charge in [0.15, 0.2) is 0 Å². The molecule has 1 aromatic carbocycles. The third-order valence-corrected chi connectivity index (χ3v) is 3.98. The fourth-order valence-corrected chi connectivity index (χ4v) is 2.79. The third-order valence-electron chi connectivity index (χ3n) is 2.63. The molecule has 2 rings (SSSR count). The molecular weight excluding hydrogens is 271 g/mol. The van der Waals surface area contributed by atoms with Gasteiger partial charge in [-0.2, -0.15) is 0 Å². The lowest BCUT2D eigenvalue weighted by molar-refractivity contribution is 0.272. The summed E-state index contributed by atoms with van der Waals surface area (Å²) < 4.78 is 40.9. The highest BCUT2D eigenvalue weighted by molar-refractivity contribution is 7.92. The number of nitrogens with zero attached hydrogens (tertiary/aromatic N) is 1. The number of sulfonamides is 1. The molecule has 0 bridgehead atoms. The Bertz CT molecular complexity index is 695. The van der Waals surface area contributed by atoms with Gasteiger partial charge in [-0.15, -0.1) is 0 Å². The van der Waals surface area contributed by atoms with Crippen LogP contribution in [-0.4, -0.2) is 18.1 Å². The van der Waals surface area contributed by atoms with Gasteiger partial charge in [0.25, 0.3) is 10.0 Å². The normalized spacial score (nSPS) is 11.5. The highest BCUT2D eigenvalue weighted by atomic mass is 32.2. The van der Waals surface area contributed by atoms with Gasteiger partial charge in [-0.25, -0.2) is 12.8 Å². The van der Waals surface area contributed by atoms with Crippen LogP contribution < -0.4 is 4.72 Å². The first kappa shape index (κ1) is 13.6. The molecule has 0 fully saturated rings. The fraction of sp³-hybridized carbons (Fsp3) is 0.167. The maximum Gasteiger partial charge on any atom is 0.263 e. The van der Waals surface area contributed by atoms with E-state index >= 15 is 0 Å². The summed E-state index contributed by atoms with van der Waals surface area (Å²) in [4.78, 5) is 0.0170. The van der Waals surface area contributed by atoms with Crippen LogP contribution in [0.3, 0.4) is 0 Å². The molecule has 102 valence electrons. The molecule has 5 nitrogen and oxygen atoms in total. The average molecular weight is 284 g/mol. The van der Waals surface area contributed by atoms with Crippen molar-refractivity contribution in [3.05, 3.63) is 48.0 Å². The average Bonchev–Trinajstić information content (AvgIpc) is 2.71. The number of benzene rings is 1. The maximum absolute atomic E-state index is 13.0. The minimum absolute atomic E-state index is 0.0170. The largest absolute Gasteiger partial charge is 0.390 e. The van der Waals surface area contributed by atoms with Crippen molar-refractivity contribution in [2.24, 2.45) is 7.05 Å². The van der Waals surface area contributed by atoms with Crippen LogP contribution in [0.4, 0.5) is 10.1 Å². The van der Waals surface area contributed by atoms with Crippen molar-refractivity contribution in [1.82, 2.24) is 4.57 Å². The SMILES string of the molecule is Cn1cc(S(=O)(=O)Nc2cccc(F)c2)cc1CO. The van der Waals surface area contributed by atoms with Crippen LogP contribution in [0.25, 0.3) is 0 Å². The molecular formula is C12H13FN2O3S. The van der Waals surface area contributed by atoms with Crippen molar-refractivity contribution < 1.29 is 17.9 Å². The summed E-state index contributed by atoms with van der Waals surface area (Å²) in [5, 5.41) is 9.04. The van der Waals surface area contributed by atoms with E-state index in [1.807, 2.05) is 0 Å². The van der Waals surface area contributed by atoms with E-state index in [4.69, 9.17) is 5.11 Å². The molecule has 0 atom stereocenters. The van der Waals surface area contributed by atoms with E-state index in [0.29, 0.717) is 5.69 Å². The number of anilines is 1. The molecule has 19 heavy (non-hydrogen) atoms. The Hall–Kier alpha value is -1.86. The number of rotatable bonds is 4. The smallest absolute Gasteiger partial charge is 0.263 e. The van der Waals surface area contributed by atoms with Crippen molar-refractivity contribution in [2.75, 3.05) is 4.72 Å². The van der Waals surface area contributed by atoms with Gasteiger partial charge >= 0.3 is 0 Å². The zero-order valence-electron chi connectivity index (χ0n) is 10.2. The highest BCUT2D eigenvalue weighted by Crippen LogP contribution is 2.18. The van der Waals surface area contributed by atoms with Crippen LogP contribution in [-0.2, 0) is 23.7 Å². The molecule has 2 aromatic rings. The van der Waals surface area contributed by atoms with Crippen LogP contribution >= 0.6 is 0 Å². The summed E-state index contributed by atoms with van der Waals surface area (Å²) in [6.07, 6.45) is 1.38. The quantitative estimate of drug-likeness (QED) is 0.893. The van der Waals surface area contributed by atoms with Gasteiger partial charge in [-0.3, -0.25) is 4.72 Å². The van der Waals surface area contributed by atoms with Gasteiger partial charge in [0.05, 0.1) is 12.3 Å². The molecule has 0 spiro atoms. The first-order valence-electron chi connectivity index (χ1n) is 5.47. The second kappa shape index (κ2) is 5.02. The van der Waals surface area contributed by atoms with Crippen molar-refractivity contribution >= 4 is 15.7 Å². The Labute approximate surface area is 110 Å². The molecule has 2 N–H and O–H groups in total. The van der Waals surface area contributed by atoms with Crippen molar-refractivity contribution in [3.8, 4) is 0 Å². The van der Waals surface area contributed by atoms with Crippen LogP contribution in [0.5, 0.6) is 0 Å². The van der Waals surface area contributed by atoms with Crippen molar-refractivity contribution in [2.45, 2.75) is 11.5 Å². The lowest BCUT2D eigenvalue weighted by atomic mass is 10.3. The molecule has 0 amide bonds. The zero-order chi connectivity index (χ0) is 14.0. The number of aryl methyl sites for hydroxylation is 1. The Balaban J connectivity index is 2.32. The van der Waals surface area contributed by atoms with Crippen molar-refractivity contribution in [3.63, 3.8) is 0 Å². The second-order valence-corrected chi connectivity index (χ2v) is 5.73. The van der Waals surface area contributed by atoms with Gasteiger partial charge in [0, 0.05) is 18.9 Å². The summed E-state index contributed by atoms with van der Waals surface area (Å²) in [6.45, 7) is -0.258. The number of hydrogen-bond acceptors (Lipinski definition) is 3. The van der Waals surface area contributed by atoms with E-state index in [2.05, 4.69) is 4.72 Å². The first-order valence-corrected chi connectivity index (χ1v) is 6.95. The lowest BCUT2D eigenvalue weighted by Crippen LogP contribution is -2.12. The molecule has 0 aliphatic rings. The topological polar surface area (TPSA) is 71.3 Å². The van der Waals surface area contributed by atoms with Gasteiger partial charge in [-0.1, -0.05) is 6.07 Å². The highest BCUT2D eigenvalue weighted by Gasteiger charge is 2.17. The molecule has 7 heteroatoms. The van der Waals surface area contributed by atoms with Crippen LogP contribution in [0.15, 0.2) is 41.4 Å². The molecule has 0 aliphatic carbocycles. The van der Waals surface area contributed by atoms with E-state index in [0.717, 1.165) is 6.07 Å². The van der Waals surface area contributed by atoms with Gasteiger partial charge in [0.2, 0.25) is 0 Å². The molecule has 0 unspecified atom stereocenters. The van der Waals surface area contributed by atoms with Crippen molar-refractivity contribution in [1.29, 1.82) is 0 Å². The lowest BCUT2D eigenvalue weighted by Gasteiger charge is -2.06. The Morgan fingerprint density at radius 2 is 2.11 bits per heavy atom. The number of halogens is 1. The predicted octanol–water partition coefficient (Wildman–Crippen LogP) is 1.46. The van der Waals surface area contributed by atoms with Gasteiger partial charge in [0.1, 0.15) is 10.7 Å². The standard InChI is InChI=1S/C12H13FN2O3S/c1-15-7-12(6-11(15)8-16)19(17,18)14-10-4-2-3-9(13)5-10/h2-7,14,16H,8H2,1H3. The number of hydrogen-bond donors (Lipinski definition) is 2. The molecule has 1 heterocycles. The van der Waals surface area contributed by atoms with Gasteiger partial charge < -0.3 is 9.67 Å². The van der Waals surface area contributed by atoms with Crippen LogP contribution in [0, 0.1) is 5.82 Å². The molecule has 0 aliphatic heterocycles. The van der Waals surface area contributed by atoms with E-state index in [1.54, 1.807) is 7.05 Å². The second-order valence-electron chi connectivity index (χ2n) is 4.05. The fourth-order valence-electron chi connectivity index (χ4n) is 1.65. The van der Waals surface area contributed by atoms with E-state index in [9.17, 15) is 12.8 Å². The van der Waals surface area contributed by atoms with E-state index in [-0.39, 0.29) is 17.2 Å². The summed E-state index contributed by atoms with van der Waals surface area (Å²) in [5.41, 5.74) is 0.619. The Morgan fingerprint density at radius 3 is 2.68 bits per heavy atom. The van der Waals surface area contributed by atoms with Crippen LogP contribution in [0.2, 0.25) is 0 Å². The first-order chi connectivity index (χ1) is 8.92. The number of nitrogens with one attached hydrogen (secondary N) is 1. The molecule has 0 saturated carbocycles. The minimum Gasteiger partial charge on any atom is -0.390 e. The van der Waals surface area contributed by atoms with E-state index in [1.165, 1.54) is 35.0 Å². The number of aliphatic hydroxyl groups excluding tert-OH is 1. The van der Waals surface area contributed by atoms with Crippen LogP contribution in [0.1, 0.15) is 5.69 Å². The predicted molar refractivity (Wildman–Crippen MR) is 68.5 cm³/mol. The number of aliphatic hydroxyl groups is 1. The molecule has 0 saturated heterocycles. The third kappa shape index (κ3) is 2.94. The monoisotopic (exact) mass is 284 g/mol. The molecule has 0 radical (unpaired) electrons. The summed E-state index contributed by atoms with van der Waals surface area (Å²) >= 11 is 0. The van der Waals surface area contributed by atoms with Gasteiger partial charge in [-0.05, 0) is 24.3 Å². The minimum atomic E-state index is -3.79. The number of aromatic nitrogens is 1.